The van der Waals surface area contributed by atoms with Crippen molar-refractivity contribution in [2.75, 3.05) is 6.54 Å². The van der Waals surface area contributed by atoms with Crippen LogP contribution in [0.5, 0.6) is 0 Å². The lowest BCUT2D eigenvalue weighted by atomic mass is 10.1. The molecule has 2 heteroatoms. The van der Waals surface area contributed by atoms with E-state index in [0.29, 0.717) is 5.92 Å². The van der Waals surface area contributed by atoms with Crippen molar-refractivity contribution in [3.63, 3.8) is 0 Å². The van der Waals surface area contributed by atoms with E-state index < -0.39 is 0 Å². The highest BCUT2D eigenvalue weighted by atomic mass is 16.2. The molecule has 2 nitrogen and oxygen atoms in total. The average molecular weight is 265 g/mol. The predicted octanol–water partition coefficient (Wildman–Crippen LogP) is 3.15. The lowest BCUT2D eigenvalue weighted by molar-refractivity contribution is -0.122. The smallest absolute Gasteiger partial charge is 0.223 e. The third kappa shape index (κ3) is 3.08. The van der Waals surface area contributed by atoms with Crippen molar-refractivity contribution in [1.82, 2.24) is 5.32 Å². The van der Waals surface area contributed by atoms with Crippen LogP contribution in [-0.4, -0.2) is 12.5 Å². The maximum Gasteiger partial charge on any atom is 0.223 e. The molecule has 0 saturated heterocycles. The summed E-state index contributed by atoms with van der Waals surface area (Å²) in [5, 5.41) is 3.05. The van der Waals surface area contributed by atoms with Gasteiger partial charge in [-0.15, -0.1) is 0 Å². The summed E-state index contributed by atoms with van der Waals surface area (Å²) in [7, 11) is 0. The highest BCUT2D eigenvalue weighted by Crippen LogP contribution is 2.47. The monoisotopic (exact) mass is 265 g/mol. The molecule has 0 aromatic heterocycles. The van der Waals surface area contributed by atoms with Crippen molar-refractivity contribution in [3.8, 4) is 0 Å². The highest BCUT2D eigenvalue weighted by Gasteiger charge is 2.43. The van der Waals surface area contributed by atoms with Gasteiger partial charge in [0, 0.05) is 12.5 Å². The average Bonchev–Trinajstić information content (AvgIpc) is 3.30. The van der Waals surface area contributed by atoms with Gasteiger partial charge in [0.15, 0.2) is 0 Å². The molecule has 0 heterocycles. The van der Waals surface area contributed by atoms with E-state index in [9.17, 15) is 4.79 Å². The largest absolute Gasteiger partial charge is 0.356 e. The molecule has 1 fully saturated rings. The molecule has 1 aliphatic carbocycles. The molecule has 0 aliphatic heterocycles. The molecular weight excluding hydrogens is 246 g/mol. The van der Waals surface area contributed by atoms with E-state index >= 15 is 0 Å². The fraction of sp³-hybridized carbons (Fsp3) is 0.278. The molecule has 0 unspecified atom stereocenters. The third-order valence-electron chi connectivity index (χ3n) is 3.91. The number of benzene rings is 2. The zero-order valence-corrected chi connectivity index (χ0v) is 11.5. The van der Waals surface area contributed by atoms with Gasteiger partial charge in [-0.2, -0.15) is 0 Å². The minimum Gasteiger partial charge on any atom is -0.356 e. The third-order valence-corrected chi connectivity index (χ3v) is 3.91. The Morgan fingerprint density at radius 1 is 1.00 bits per heavy atom. The van der Waals surface area contributed by atoms with Crippen LogP contribution in [0.15, 0.2) is 60.7 Å². The molecule has 1 aliphatic rings. The topological polar surface area (TPSA) is 29.1 Å². The maximum atomic E-state index is 12.1. The van der Waals surface area contributed by atoms with Gasteiger partial charge in [0.1, 0.15) is 0 Å². The predicted molar refractivity (Wildman–Crippen MR) is 80.4 cm³/mol. The summed E-state index contributed by atoms with van der Waals surface area (Å²) in [6, 6.07) is 20.6. The van der Waals surface area contributed by atoms with Gasteiger partial charge < -0.3 is 5.32 Å². The first kappa shape index (κ1) is 12.9. The van der Waals surface area contributed by atoms with Crippen molar-refractivity contribution >= 4 is 5.91 Å². The number of nitrogens with one attached hydrogen (secondary N) is 1. The summed E-state index contributed by atoms with van der Waals surface area (Å²) in [6.07, 6.45) is 1.89. The van der Waals surface area contributed by atoms with Crippen LogP contribution in [-0.2, 0) is 11.2 Å². The van der Waals surface area contributed by atoms with E-state index in [-0.39, 0.29) is 11.8 Å². The normalized spacial score (nSPS) is 20.4. The highest BCUT2D eigenvalue weighted by molar-refractivity contribution is 5.82. The second-order valence-electron chi connectivity index (χ2n) is 5.39. The first-order chi connectivity index (χ1) is 9.84. The van der Waals surface area contributed by atoms with Crippen molar-refractivity contribution in [3.05, 3.63) is 71.8 Å². The van der Waals surface area contributed by atoms with Gasteiger partial charge in [0.2, 0.25) is 5.91 Å². The molecular formula is C18H19NO. The van der Waals surface area contributed by atoms with Crippen molar-refractivity contribution in [2.24, 2.45) is 5.92 Å². The Morgan fingerprint density at radius 3 is 2.35 bits per heavy atom. The molecule has 0 bridgehead atoms. The number of rotatable bonds is 5. The van der Waals surface area contributed by atoms with Crippen molar-refractivity contribution in [2.45, 2.75) is 18.8 Å². The first-order valence-corrected chi connectivity index (χ1v) is 7.21. The summed E-state index contributed by atoms with van der Waals surface area (Å²) in [5.41, 5.74) is 2.55. The van der Waals surface area contributed by atoms with Crippen molar-refractivity contribution in [1.29, 1.82) is 0 Å². The molecule has 2 aromatic carbocycles. The fourth-order valence-electron chi connectivity index (χ4n) is 2.66. The Morgan fingerprint density at radius 2 is 1.65 bits per heavy atom. The molecule has 2 atom stereocenters. The second-order valence-corrected chi connectivity index (χ2v) is 5.39. The van der Waals surface area contributed by atoms with E-state index in [1.165, 1.54) is 11.1 Å². The number of amides is 1. The molecule has 1 N–H and O–H groups in total. The van der Waals surface area contributed by atoms with Crippen molar-refractivity contribution < 1.29 is 4.79 Å². The minimum atomic E-state index is 0.174. The number of hydrogen-bond acceptors (Lipinski definition) is 1. The second kappa shape index (κ2) is 5.91. The summed E-state index contributed by atoms with van der Waals surface area (Å²) in [5.74, 6) is 0.802. The van der Waals surface area contributed by atoms with Crippen LogP contribution < -0.4 is 5.32 Å². The Labute approximate surface area is 119 Å². The summed E-state index contributed by atoms with van der Waals surface area (Å²) < 4.78 is 0. The summed E-state index contributed by atoms with van der Waals surface area (Å²) in [6.45, 7) is 0.723. The summed E-state index contributed by atoms with van der Waals surface area (Å²) in [4.78, 5) is 12.1. The number of carbonyl (C=O) groups is 1. The van der Waals surface area contributed by atoms with Gasteiger partial charge >= 0.3 is 0 Å². The van der Waals surface area contributed by atoms with Crippen LogP contribution in [0.4, 0.5) is 0 Å². The number of carbonyl (C=O) groups excluding carboxylic acids is 1. The Balaban J connectivity index is 1.45. The van der Waals surface area contributed by atoms with Crippen LogP contribution in [0.1, 0.15) is 23.5 Å². The van der Waals surface area contributed by atoms with Crippen LogP contribution >= 0.6 is 0 Å². The van der Waals surface area contributed by atoms with Gasteiger partial charge in [-0.3, -0.25) is 4.79 Å². The Kier molecular flexibility index (Phi) is 3.82. The van der Waals surface area contributed by atoms with Gasteiger partial charge in [0.25, 0.3) is 0 Å². The van der Waals surface area contributed by atoms with E-state index in [1.807, 2.05) is 36.4 Å². The lowest BCUT2D eigenvalue weighted by Crippen LogP contribution is -2.27. The quantitative estimate of drug-likeness (QED) is 0.884. The molecule has 2 aromatic rings. The van der Waals surface area contributed by atoms with Gasteiger partial charge in [-0.25, -0.2) is 0 Å². The fourth-order valence-corrected chi connectivity index (χ4v) is 2.66. The standard InChI is InChI=1S/C18H19NO/c20-18(19-12-11-14-7-3-1-4-8-14)17-13-16(17)15-9-5-2-6-10-15/h1-10,16-17H,11-13H2,(H,19,20)/t16-,17-/m1/s1. The Bertz CT molecular complexity index is 564. The van der Waals surface area contributed by atoms with Gasteiger partial charge in [-0.1, -0.05) is 60.7 Å². The summed E-state index contributed by atoms with van der Waals surface area (Å²) >= 11 is 0. The maximum absolute atomic E-state index is 12.1. The van der Waals surface area contributed by atoms with E-state index in [2.05, 4.69) is 29.6 Å². The molecule has 0 radical (unpaired) electrons. The van der Waals surface area contributed by atoms with Gasteiger partial charge in [0.05, 0.1) is 0 Å². The Hall–Kier alpha value is -2.09. The molecule has 1 amide bonds. The van der Waals surface area contributed by atoms with Crippen LogP contribution in [0.3, 0.4) is 0 Å². The van der Waals surface area contributed by atoms with E-state index in [4.69, 9.17) is 0 Å². The van der Waals surface area contributed by atoms with E-state index in [0.717, 1.165) is 19.4 Å². The molecule has 20 heavy (non-hydrogen) atoms. The first-order valence-electron chi connectivity index (χ1n) is 7.21. The van der Waals surface area contributed by atoms with E-state index in [1.54, 1.807) is 0 Å². The molecule has 102 valence electrons. The molecule has 1 saturated carbocycles. The minimum absolute atomic E-state index is 0.174. The molecule has 0 spiro atoms. The van der Waals surface area contributed by atoms with Crippen LogP contribution in [0.2, 0.25) is 0 Å². The lowest BCUT2D eigenvalue weighted by Gasteiger charge is -2.05. The zero-order valence-electron chi connectivity index (χ0n) is 11.5. The number of hydrogen-bond donors (Lipinski definition) is 1. The molecule has 3 rings (SSSR count). The SMILES string of the molecule is O=C(NCCc1ccccc1)[C@@H]1C[C@@H]1c1ccccc1. The zero-order chi connectivity index (χ0) is 13.8. The van der Waals surface area contributed by atoms with Gasteiger partial charge in [-0.05, 0) is 29.9 Å². The van der Waals surface area contributed by atoms with Crippen LogP contribution in [0.25, 0.3) is 0 Å². The van der Waals surface area contributed by atoms with Crippen LogP contribution in [0, 0.1) is 5.92 Å².